The molecule has 2 aliphatic heterocycles. The Morgan fingerprint density at radius 2 is 1.65 bits per heavy atom. The molecule has 2 heterocycles. The molecule has 0 aromatic heterocycles. The number of nitrogens with two attached hydrogens (primary N) is 3. The van der Waals surface area contributed by atoms with Crippen LogP contribution in [0.3, 0.4) is 0 Å². The second-order valence-corrected chi connectivity index (χ2v) is 5.74. The first-order valence-electron chi connectivity index (χ1n) is 7.72. The number of piperazine rings is 1. The molecule has 3 rings (SSSR count). The number of hydrogen-bond acceptors (Lipinski definition) is 4. The minimum atomic E-state index is -0.0994. The van der Waals surface area contributed by atoms with E-state index < -0.39 is 0 Å². The number of ether oxygens (including phenoxy) is 1. The van der Waals surface area contributed by atoms with Crippen molar-refractivity contribution in [1.29, 1.82) is 0 Å². The van der Waals surface area contributed by atoms with Gasteiger partial charge in [0.05, 0.1) is 24.9 Å². The van der Waals surface area contributed by atoms with Crippen molar-refractivity contribution in [3.05, 3.63) is 24.3 Å². The van der Waals surface area contributed by atoms with E-state index in [2.05, 4.69) is 19.8 Å². The third kappa shape index (κ3) is 3.91. The van der Waals surface area contributed by atoms with E-state index in [-0.39, 0.29) is 11.9 Å². The van der Waals surface area contributed by atoms with Crippen LogP contribution in [0.2, 0.25) is 0 Å². The average Bonchev–Trinajstić information content (AvgIpc) is 2.46. The van der Waals surface area contributed by atoms with Crippen LogP contribution >= 0.6 is 0 Å². The smallest absolute Gasteiger partial charge is 0.223 e. The topological polar surface area (TPSA) is 118 Å². The van der Waals surface area contributed by atoms with E-state index in [1.54, 1.807) is 0 Å². The van der Waals surface area contributed by atoms with Crippen molar-refractivity contribution < 1.29 is 4.74 Å². The van der Waals surface area contributed by atoms with Crippen molar-refractivity contribution in [3.63, 3.8) is 0 Å². The molecular formula is C15H23N7O. The molecule has 0 saturated carbocycles. The molecule has 124 valence electrons. The summed E-state index contributed by atoms with van der Waals surface area (Å²) >= 11 is 0. The Balaban J connectivity index is 1.58. The van der Waals surface area contributed by atoms with Gasteiger partial charge in [0, 0.05) is 31.9 Å². The van der Waals surface area contributed by atoms with Crippen LogP contribution in [0.25, 0.3) is 0 Å². The lowest BCUT2D eigenvalue weighted by atomic mass is 10.1. The van der Waals surface area contributed by atoms with Crippen LogP contribution in [0.4, 0.5) is 11.4 Å². The quantitative estimate of drug-likeness (QED) is 0.507. The van der Waals surface area contributed by atoms with Crippen molar-refractivity contribution in [2.45, 2.75) is 6.04 Å². The van der Waals surface area contributed by atoms with Crippen LogP contribution in [0.1, 0.15) is 0 Å². The maximum absolute atomic E-state index is 5.63. The summed E-state index contributed by atoms with van der Waals surface area (Å²) in [7, 11) is 0. The fourth-order valence-corrected chi connectivity index (χ4v) is 2.81. The van der Waals surface area contributed by atoms with Gasteiger partial charge in [-0.1, -0.05) is 0 Å². The highest BCUT2D eigenvalue weighted by molar-refractivity contribution is 5.93. The van der Waals surface area contributed by atoms with Crippen LogP contribution in [0.15, 0.2) is 34.3 Å². The molecule has 0 aliphatic carbocycles. The number of guanidine groups is 2. The molecule has 0 atom stereocenters. The van der Waals surface area contributed by atoms with Gasteiger partial charge in [-0.2, -0.15) is 4.99 Å². The third-order valence-corrected chi connectivity index (χ3v) is 4.15. The Bertz CT molecular complexity index is 582. The summed E-state index contributed by atoms with van der Waals surface area (Å²) in [5.41, 5.74) is 18.1. The molecule has 8 heteroatoms. The van der Waals surface area contributed by atoms with E-state index in [0.717, 1.165) is 45.1 Å². The van der Waals surface area contributed by atoms with Gasteiger partial charge < -0.3 is 26.8 Å². The molecule has 6 N–H and O–H groups in total. The number of anilines is 1. The van der Waals surface area contributed by atoms with E-state index >= 15 is 0 Å². The first-order chi connectivity index (χ1) is 11.1. The molecule has 0 amide bonds. The number of benzene rings is 1. The van der Waals surface area contributed by atoms with Crippen molar-refractivity contribution in [2.75, 3.05) is 44.3 Å². The number of rotatable bonds is 3. The van der Waals surface area contributed by atoms with E-state index in [0.29, 0.717) is 6.04 Å². The highest BCUT2D eigenvalue weighted by Gasteiger charge is 2.28. The molecule has 8 nitrogen and oxygen atoms in total. The standard InChI is InChI=1S/C15H23N7O/c16-14(17)20-15(18)19-11-1-3-12(4-2-11)21-5-7-22(8-6-21)13-9-23-10-13/h1-4,13H,5-10H2,(H6,16,17,18,19,20). The molecular weight excluding hydrogens is 294 g/mol. The first-order valence-corrected chi connectivity index (χ1v) is 7.72. The van der Waals surface area contributed by atoms with Crippen molar-refractivity contribution in [1.82, 2.24) is 4.90 Å². The van der Waals surface area contributed by atoms with E-state index in [1.807, 2.05) is 24.3 Å². The summed E-state index contributed by atoms with van der Waals surface area (Å²) in [5, 5.41) is 0. The Hall–Kier alpha value is -2.32. The zero-order chi connectivity index (χ0) is 16.2. The highest BCUT2D eigenvalue weighted by atomic mass is 16.5. The Labute approximate surface area is 135 Å². The summed E-state index contributed by atoms with van der Waals surface area (Å²) in [6, 6.07) is 8.54. The van der Waals surface area contributed by atoms with Gasteiger partial charge in [-0.05, 0) is 24.3 Å². The summed E-state index contributed by atoms with van der Waals surface area (Å²) in [6.45, 7) is 5.95. The Morgan fingerprint density at radius 1 is 1.00 bits per heavy atom. The number of aliphatic imine (C=N–C) groups is 2. The maximum atomic E-state index is 5.63. The lowest BCUT2D eigenvalue weighted by molar-refractivity contribution is -0.0660. The molecule has 1 aromatic rings. The second-order valence-electron chi connectivity index (χ2n) is 5.74. The lowest BCUT2D eigenvalue weighted by Crippen LogP contribution is -2.56. The van der Waals surface area contributed by atoms with Gasteiger partial charge in [-0.25, -0.2) is 4.99 Å². The van der Waals surface area contributed by atoms with Gasteiger partial charge in [-0.3, -0.25) is 4.90 Å². The molecule has 1 aromatic carbocycles. The second kappa shape index (κ2) is 6.84. The number of hydrogen-bond donors (Lipinski definition) is 3. The monoisotopic (exact) mass is 317 g/mol. The third-order valence-electron chi connectivity index (χ3n) is 4.15. The van der Waals surface area contributed by atoms with Gasteiger partial charge in [0.2, 0.25) is 5.96 Å². The molecule has 0 radical (unpaired) electrons. The SMILES string of the molecule is NC(N)=NC(N)=Nc1ccc(N2CCN(C3COC3)CC2)cc1. The van der Waals surface area contributed by atoms with E-state index in [1.165, 1.54) is 5.69 Å². The van der Waals surface area contributed by atoms with Crippen LogP contribution in [-0.2, 0) is 4.74 Å². The van der Waals surface area contributed by atoms with Crippen molar-refractivity contribution >= 4 is 23.3 Å². The van der Waals surface area contributed by atoms with Gasteiger partial charge >= 0.3 is 0 Å². The summed E-state index contributed by atoms with van der Waals surface area (Å²) in [5.74, 6) is -0.0494. The lowest BCUT2D eigenvalue weighted by Gasteiger charge is -2.43. The number of nitrogens with zero attached hydrogens (tertiary/aromatic N) is 4. The Kier molecular flexibility index (Phi) is 4.63. The fourth-order valence-electron chi connectivity index (χ4n) is 2.81. The Morgan fingerprint density at radius 3 is 2.17 bits per heavy atom. The first kappa shape index (κ1) is 15.6. The van der Waals surface area contributed by atoms with Crippen LogP contribution in [-0.4, -0.2) is 62.3 Å². The largest absolute Gasteiger partial charge is 0.378 e. The van der Waals surface area contributed by atoms with Gasteiger partial charge in [0.25, 0.3) is 0 Å². The summed E-state index contributed by atoms with van der Waals surface area (Å²) in [4.78, 5) is 12.7. The summed E-state index contributed by atoms with van der Waals surface area (Å²) < 4.78 is 5.27. The van der Waals surface area contributed by atoms with Gasteiger partial charge in [0.1, 0.15) is 0 Å². The van der Waals surface area contributed by atoms with Crippen molar-refractivity contribution in [3.8, 4) is 0 Å². The van der Waals surface area contributed by atoms with E-state index in [9.17, 15) is 0 Å². The highest BCUT2D eigenvalue weighted by Crippen LogP contribution is 2.22. The van der Waals surface area contributed by atoms with Crippen molar-refractivity contribution in [2.24, 2.45) is 27.2 Å². The molecule has 0 bridgehead atoms. The van der Waals surface area contributed by atoms with Gasteiger partial charge in [0.15, 0.2) is 5.96 Å². The predicted molar refractivity (Wildman–Crippen MR) is 91.9 cm³/mol. The normalized spacial score (nSPS) is 20.2. The van der Waals surface area contributed by atoms with E-state index in [4.69, 9.17) is 21.9 Å². The fraction of sp³-hybridized carbons (Fsp3) is 0.467. The molecule has 23 heavy (non-hydrogen) atoms. The zero-order valence-electron chi connectivity index (χ0n) is 13.1. The predicted octanol–water partition coefficient (Wildman–Crippen LogP) is -0.573. The summed E-state index contributed by atoms with van der Waals surface area (Å²) in [6.07, 6.45) is 0. The molecule has 2 fully saturated rings. The maximum Gasteiger partial charge on any atom is 0.223 e. The molecule has 0 spiro atoms. The zero-order valence-corrected chi connectivity index (χ0v) is 13.1. The average molecular weight is 317 g/mol. The van der Waals surface area contributed by atoms with Gasteiger partial charge in [-0.15, -0.1) is 0 Å². The molecule has 2 saturated heterocycles. The van der Waals surface area contributed by atoms with Crippen LogP contribution in [0, 0.1) is 0 Å². The molecule has 2 aliphatic rings. The van der Waals surface area contributed by atoms with Crippen LogP contribution < -0.4 is 22.1 Å². The van der Waals surface area contributed by atoms with Crippen LogP contribution in [0.5, 0.6) is 0 Å². The minimum absolute atomic E-state index is 0.0501. The molecule has 0 unspecified atom stereocenters. The minimum Gasteiger partial charge on any atom is -0.378 e.